The van der Waals surface area contributed by atoms with Crippen molar-refractivity contribution in [3.63, 3.8) is 0 Å². The second kappa shape index (κ2) is 9.51. The van der Waals surface area contributed by atoms with Crippen LogP contribution in [0.5, 0.6) is 0 Å². The summed E-state index contributed by atoms with van der Waals surface area (Å²) in [6, 6.07) is 26.0. The number of para-hydroxylation sites is 1. The van der Waals surface area contributed by atoms with Crippen molar-refractivity contribution in [2.45, 2.75) is 22.5 Å². The molecule has 0 atom stereocenters. The van der Waals surface area contributed by atoms with Gasteiger partial charge in [0.25, 0.3) is 5.91 Å². The van der Waals surface area contributed by atoms with Gasteiger partial charge in [0.2, 0.25) is 0 Å². The summed E-state index contributed by atoms with van der Waals surface area (Å²) in [6.07, 6.45) is 0. The number of anilines is 1. The number of carbonyl (C=O) groups is 1. The fraction of sp³-hybridized carbons (Fsp3) is 0.136. The maximum Gasteiger partial charge on any atom is 0.256 e. The van der Waals surface area contributed by atoms with E-state index in [2.05, 4.69) is 24.4 Å². The summed E-state index contributed by atoms with van der Waals surface area (Å²) in [5, 5.41) is 3.08. The molecule has 0 spiro atoms. The molecule has 2 nitrogen and oxygen atoms in total. The molecule has 0 fully saturated rings. The Kier molecular flexibility index (Phi) is 6.81. The minimum absolute atomic E-state index is 0.0645. The Hall–Kier alpha value is -2.17. The standard InChI is InChI=1S/C22H21NOS2/c1-2-25-21-15-9-7-13-19(21)23-22(24)18-12-6-8-14-20(18)26-16-17-10-4-3-5-11-17/h3-15H,2,16H2,1H3,(H,23,24). The zero-order valence-corrected chi connectivity index (χ0v) is 16.3. The van der Waals surface area contributed by atoms with Gasteiger partial charge in [-0.1, -0.05) is 61.5 Å². The van der Waals surface area contributed by atoms with Gasteiger partial charge in [-0.15, -0.1) is 23.5 Å². The average molecular weight is 380 g/mol. The van der Waals surface area contributed by atoms with Gasteiger partial charge in [0.15, 0.2) is 0 Å². The first-order chi connectivity index (χ1) is 12.8. The van der Waals surface area contributed by atoms with Crippen molar-refractivity contribution in [3.05, 3.63) is 90.0 Å². The van der Waals surface area contributed by atoms with Crippen LogP contribution in [0.4, 0.5) is 5.69 Å². The van der Waals surface area contributed by atoms with Crippen LogP contribution in [0.3, 0.4) is 0 Å². The van der Waals surface area contributed by atoms with Gasteiger partial charge in [-0.2, -0.15) is 0 Å². The maximum atomic E-state index is 12.9. The lowest BCUT2D eigenvalue weighted by molar-refractivity contribution is 0.102. The normalized spacial score (nSPS) is 10.5. The highest BCUT2D eigenvalue weighted by Gasteiger charge is 2.13. The van der Waals surface area contributed by atoms with E-state index in [4.69, 9.17) is 0 Å². The van der Waals surface area contributed by atoms with Crippen molar-refractivity contribution in [1.29, 1.82) is 0 Å². The van der Waals surface area contributed by atoms with Crippen LogP contribution >= 0.6 is 23.5 Å². The number of hydrogen-bond donors (Lipinski definition) is 1. The first-order valence-electron chi connectivity index (χ1n) is 8.57. The Morgan fingerprint density at radius 3 is 2.23 bits per heavy atom. The van der Waals surface area contributed by atoms with Gasteiger partial charge in [-0.05, 0) is 35.6 Å². The topological polar surface area (TPSA) is 29.1 Å². The Labute approximate surface area is 163 Å². The SMILES string of the molecule is CCSc1ccccc1NC(=O)c1ccccc1SCc1ccccc1. The third-order valence-electron chi connectivity index (χ3n) is 3.80. The summed E-state index contributed by atoms with van der Waals surface area (Å²) in [7, 11) is 0. The van der Waals surface area contributed by atoms with Crippen LogP contribution < -0.4 is 5.32 Å². The summed E-state index contributed by atoms with van der Waals surface area (Å²) in [5.41, 5.74) is 2.83. The second-order valence-electron chi connectivity index (χ2n) is 5.65. The molecule has 0 aromatic heterocycles. The van der Waals surface area contributed by atoms with E-state index in [1.807, 2.05) is 66.7 Å². The van der Waals surface area contributed by atoms with E-state index >= 15 is 0 Å². The van der Waals surface area contributed by atoms with Gasteiger partial charge < -0.3 is 5.32 Å². The number of benzene rings is 3. The number of nitrogens with one attached hydrogen (secondary N) is 1. The molecule has 1 N–H and O–H groups in total. The summed E-state index contributed by atoms with van der Waals surface area (Å²) in [6.45, 7) is 2.11. The minimum Gasteiger partial charge on any atom is -0.321 e. The van der Waals surface area contributed by atoms with Crippen LogP contribution in [0.2, 0.25) is 0 Å². The number of rotatable bonds is 7. The Morgan fingerprint density at radius 1 is 0.808 bits per heavy atom. The monoisotopic (exact) mass is 379 g/mol. The van der Waals surface area contributed by atoms with Crippen molar-refractivity contribution in [2.75, 3.05) is 11.1 Å². The summed E-state index contributed by atoms with van der Waals surface area (Å²) in [4.78, 5) is 15.0. The van der Waals surface area contributed by atoms with Crippen LogP contribution in [0, 0.1) is 0 Å². The number of amides is 1. The van der Waals surface area contributed by atoms with E-state index in [9.17, 15) is 4.79 Å². The minimum atomic E-state index is -0.0645. The van der Waals surface area contributed by atoms with Crippen LogP contribution in [0.15, 0.2) is 88.7 Å². The van der Waals surface area contributed by atoms with Crippen molar-refractivity contribution in [2.24, 2.45) is 0 Å². The van der Waals surface area contributed by atoms with E-state index in [1.165, 1.54) is 5.56 Å². The molecule has 132 valence electrons. The van der Waals surface area contributed by atoms with E-state index in [1.54, 1.807) is 23.5 Å². The molecule has 26 heavy (non-hydrogen) atoms. The molecular weight excluding hydrogens is 358 g/mol. The zero-order valence-electron chi connectivity index (χ0n) is 14.6. The van der Waals surface area contributed by atoms with Gasteiger partial charge in [-0.25, -0.2) is 0 Å². The molecule has 0 radical (unpaired) electrons. The first kappa shape index (κ1) is 18.6. The molecule has 0 unspecified atom stereocenters. The fourth-order valence-electron chi connectivity index (χ4n) is 2.56. The number of carbonyl (C=O) groups excluding carboxylic acids is 1. The van der Waals surface area contributed by atoms with Crippen molar-refractivity contribution in [3.8, 4) is 0 Å². The molecule has 4 heteroatoms. The predicted molar refractivity (Wildman–Crippen MR) is 113 cm³/mol. The first-order valence-corrected chi connectivity index (χ1v) is 10.5. The lowest BCUT2D eigenvalue weighted by atomic mass is 10.2. The Bertz CT molecular complexity index is 865. The van der Waals surface area contributed by atoms with Gasteiger partial charge in [0.1, 0.15) is 0 Å². The average Bonchev–Trinajstić information content (AvgIpc) is 2.69. The molecule has 0 saturated heterocycles. The van der Waals surface area contributed by atoms with Crippen molar-refractivity contribution < 1.29 is 4.79 Å². The van der Waals surface area contributed by atoms with Gasteiger partial charge in [0, 0.05) is 15.5 Å². The van der Waals surface area contributed by atoms with Crippen LogP contribution in [0.1, 0.15) is 22.8 Å². The van der Waals surface area contributed by atoms with Crippen LogP contribution in [0.25, 0.3) is 0 Å². The molecule has 0 saturated carbocycles. The van der Waals surface area contributed by atoms with Crippen molar-refractivity contribution >= 4 is 35.1 Å². The van der Waals surface area contributed by atoms with E-state index < -0.39 is 0 Å². The molecule has 3 aromatic carbocycles. The van der Waals surface area contributed by atoms with Crippen molar-refractivity contribution in [1.82, 2.24) is 0 Å². The Balaban J connectivity index is 1.76. The highest BCUT2D eigenvalue weighted by molar-refractivity contribution is 7.99. The second-order valence-corrected chi connectivity index (χ2v) is 7.98. The quantitative estimate of drug-likeness (QED) is 0.485. The molecule has 3 aromatic rings. The van der Waals surface area contributed by atoms with E-state index in [0.29, 0.717) is 5.56 Å². The third-order valence-corrected chi connectivity index (χ3v) is 5.90. The largest absolute Gasteiger partial charge is 0.321 e. The highest BCUT2D eigenvalue weighted by atomic mass is 32.2. The molecule has 1 amide bonds. The van der Waals surface area contributed by atoms with Gasteiger partial charge in [-0.3, -0.25) is 4.79 Å². The highest BCUT2D eigenvalue weighted by Crippen LogP contribution is 2.29. The van der Waals surface area contributed by atoms with Gasteiger partial charge >= 0.3 is 0 Å². The zero-order chi connectivity index (χ0) is 18.2. The summed E-state index contributed by atoms with van der Waals surface area (Å²) < 4.78 is 0. The fourth-order valence-corrected chi connectivity index (χ4v) is 4.32. The molecular formula is C22H21NOS2. The number of hydrogen-bond acceptors (Lipinski definition) is 3. The van der Waals surface area contributed by atoms with Crippen LogP contribution in [-0.2, 0) is 5.75 Å². The van der Waals surface area contributed by atoms with Gasteiger partial charge in [0.05, 0.1) is 11.3 Å². The molecule has 3 rings (SSSR count). The summed E-state index contributed by atoms with van der Waals surface area (Å²) in [5.74, 6) is 1.74. The summed E-state index contributed by atoms with van der Waals surface area (Å²) >= 11 is 3.42. The molecule has 0 heterocycles. The third kappa shape index (κ3) is 4.93. The lowest BCUT2D eigenvalue weighted by Crippen LogP contribution is -2.13. The van der Waals surface area contributed by atoms with E-state index in [-0.39, 0.29) is 5.91 Å². The number of thioether (sulfide) groups is 2. The molecule has 0 aliphatic heterocycles. The smallest absolute Gasteiger partial charge is 0.256 e. The lowest BCUT2D eigenvalue weighted by Gasteiger charge is -2.12. The molecule has 0 bridgehead atoms. The molecule has 0 aliphatic rings. The molecule has 0 aliphatic carbocycles. The predicted octanol–water partition coefficient (Wildman–Crippen LogP) is 6.34. The van der Waals surface area contributed by atoms with E-state index in [0.717, 1.165) is 27.0 Å². The maximum absolute atomic E-state index is 12.9. The Morgan fingerprint density at radius 2 is 1.46 bits per heavy atom. The van der Waals surface area contributed by atoms with Crippen LogP contribution in [-0.4, -0.2) is 11.7 Å².